The van der Waals surface area contributed by atoms with Crippen LogP contribution in [0, 0.1) is 27.7 Å². The minimum absolute atomic E-state index is 0.206. The second-order valence-corrected chi connectivity index (χ2v) is 12.6. The maximum Gasteiger partial charge on any atom is 0.244 e. The highest BCUT2D eigenvalue weighted by Crippen LogP contribution is 2.26. The van der Waals surface area contributed by atoms with E-state index in [-0.39, 0.29) is 23.9 Å². The van der Waals surface area contributed by atoms with Crippen molar-refractivity contribution in [3.05, 3.63) is 86.6 Å². The second kappa shape index (κ2) is 13.3. The molecule has 0 aliphatic carbocycles. The van der Waals surface area contributed by atoms with Gasteiger partial charge >= 0.3 is 0 Å². The van der Waals surface area contributed by atoms with Crippen LogP contribution in [0.3, 0.4) is 0 Å². The first-order valence-electron chi connectivity index (χ1n) is 12.6. The minimum atomic E-state index is -3.90. The van der Waals surface area contributed by atoms with E-state index in [1.54, 1.807) is 16.2 Å². The fraction of sp³-hybridized carbons (Fsp3) is 0.414. The van der Waals surface area contributed by atoms with E-state index in [0.717, 1.165) is 16.0 Å². The maximum absolute atomic E-state index is 13.9. The first-order valence-corrected chi connectivity index (χ1v) is 14.9. The quantitative estimate of drug-likeness (QED) is 0.263. The number of ether oxygens (including phenoxy) is 1. The molecule has 1 heterocycles. The molecule has 2 aromatic carbocycles. The number of hydrogen-bond acceptors (Lipinski definition) is 5. The zero-order chi connectivity index (χ0) is 27.0. The van der Waals surface area contributed by atoms with Gasteiger partial charge in [-0.25, -0.2) is 8.42 Å². The molecule has 3 aromatic rings. The number of benzene rings is 2. The number of thiophene rings is 1. The summed E-state index contributed by atoms with van der Waals surface area (Å²) < 4.78 is 34.7. The summed E-state index contributed by atoms with van der Waals surface area (Å²) in [5.74, 6) is -0.225. The van der Waals surface area contributed by atoms with Crippen molar-refractivity contribution in [1.29, 1.82) is 0 Å². The van der Waals surface area contributed by atoms with Crippen molar-refractivity contribution in [3.8, 4) is 0 Å². The molecule has 0 fully saturated rings. The normalized spacial score (nSPS) is 11.7. The number of amides is 1. The molecule has 37 heavy (non-hydrogen) atoms. The van der Waals surface area contributed by atoms with Crippen molar-refractivity contribution >= 4 is 27.3 Å². The van der Waals surface area contributed by atoms with Crippen molar-refractivity contribution in [3.63, 3.8) is 0 Å². The van der Waals surface area contributed by atoms with Gasteiger partial charge in [-0.05, 0) is 69.9 Å². The van der Waals surface area contributed by atoms with Crippen LogP contribution in [0.4, 0.5) is 0 Å². The van der Waals surface area contributed by atoms with Crippen molar-refractivity contribution in [1.82, 2.24) is 9.21 Å². The van der Waals surface area contributed by atoms with Crippen LogP contribution < -0.4 is 0 Å². The van der Waals surface area contributed by atoms with E-state index in [0.29, 0.717) is 43.9 Å². The van der Waals surface area contributed by atoms with Gasteiger partial charge < -0.3 is 9.64 Å². The van der Waals surface area contributed by atoms with Gasteiger partial charge in [-0.15, -0.1) is 11.3 Å². The van der Waals surface area contributed by atoms with E-state index in [9.17, 15) is 13.2 Å². The highest BCUT2D eigenvalue weighted by molar-refractivity contribution is 7.89. The van der Waals surface area contributed by atoms with Gasteiger partial charge in [0.2, 0.25) is 15.9 Å². The summed E-state index contributed by atoms with van der Waals surface area (Å²) in [4.78, 5) is 18.0. The molecular weight excluding hydrogens is 504 g/mol. The average Bonchev–Trinajstić information content (AvgIpc) is 3.24. The topological polar surface area (TPSA) is 66.9 Å². The Hall–Kier alpha value is -2.52. The first-order chi connectivity index (χ1) is 17.6. The molecule has 1 aromatic heterocycles. The summed E-state index contributed by atoms with van der Waals surface area (Å²) in [5.41, 5.74) is 3.39. The highest BCUT2D eigenvalue weighted by atomic mass is 32.2. The van der Waals surface area contributed by atoms with Crippen LogP contribution in [0.15, 0.2) is 59.5 Å². The van der Waals surface area contributed by atoms with E-state index >= 15 is 0 Å². The van der Waals surface area contributed by atoms with Gasteiger partial charge in [0.1, 0.15) is 0 Å². The summed E-state index contributed by atoms with van der Waals surface area (Å²) >= 11 is 1.65. The number of hydrogen-bond donors (Lipinski definition) is 0. The SMILES string of the molecule is CCOCCCN(CC(=O)N(Cc1ccccc1)Cc1ccc(C)s1)S(=O)(=O)c1c(C)cc(C)cc1C. The molecule has 0 spiro atoms. The summed E-state index contributed by atoms with van der Waals surface area (Å²) in [7, 11) is -3.90. The maximum atomic E-state index is 13.9. The van der Waals surface area contributed by atoms with Crippen LogP contribution in [0.25, 0.3) is 0 Å². The summed E-state index contributed by atoms with van der Waals surface area (Å²) in [5, 5.41) is 0. The van der Waals surface area contributed by atoms with Gasteiger partial charge in [-0.3, -0.25) is 4.79 Å². The van der Waals surface area contributed by atoms with Crippen LogP contribution in [-0.2, 0) is 32.6 Å². The van der Waals surface area contributed by atoms with Crippen molar-refractivity contribution < 1.29 is 17.9 Å². The predicted octanol–water partition coefficient (Wildman–Crippen LogP) is 5.63. The number of carbonyl (C=O) groups is 1. The van der Waals surface area contributed by atoms with Gasteiger partial charge in [-0.2, -0.15) is 4.31 Å². The monoisotopic (exact) mass is 542 g/mol. The zero-order valence-electron chi connectivity index (χ0n) is 22.5. The largest absolute Gasteiger partial charge is 0.382 e. The standard InChI is InChI=1S/C29H38N2O4S2/c1-6-35-16-10-15-31(37(33,34)29-23(3)17-22(2)18-24(29)4)21-28(32)30(19-26-11-8-7-9-12-26)20-27-14-13-25(5)36-27/h7-9,11-14,17-18H,6,10,15-16,19-21H2,1-5H3. The summed E-state index contributed by atoms with van der Waals surface area (Å²) in [6, 6.07) is 17.6. The Labute approximate surface area is 225 Å². The molecule has 0 bridgehead atoms. The smallest absolute Gasteiger partial charge is 0.244 e. The molecule has 0 aliphatic heterocycles. The Balaban J connectivity index is 1.92. The first kappa shape index (κ1) is 29.0. The number of carbonyl (C=O) groups excluding carboxylic acids is 1. The third kappa shape index (κ3) is 7.98. The lowest BCUT2D eigenvalue weighted by molar-refractivity contribution is -0.132. The lowest BCUT2D eigenvalue weighted by Gasteiger charge is -2.28. The Morgan fingerprint density at radius 1 is 0.946 bits per heavy atom. The Kier molecular flexibility index (Phi) is 10.5. The van der Waals surface area contributed by atoms with E-state index in [2.05, 4.69) is 0 Å². The Morgan fingerprint density at radius 3 is 2.22 bits per heavy atom. The molecule has 0 N–H and O–H groups in total. The van der Waals surface area contributed by atoms with Crippen LogP contribution in [0.2, 0.25) is 0 Å². The van der Waals surface area contributed by atoms with Crippen molar-refractivity contribution in [2.75, 3.05) is 26.3 Å². The van der Waals surface area contributed by atoms with Gasteiger partial charge in [0, 0.05) is 36.1 Å². The number of sulfonamides is 1. The van der Waals surface area contributed by atoms with Crippen molar-refractivity contribution in [2.45, 2.75) is 59.0 Å². The number of rotatable bonds is 13. The molecule has 200 valence electrons. The second-order valence-electron chi connectivity index (χ2n) is 9.36. The van der Waals surface area contributed by atoms with E-state index < -0.39 is 10.0 Å². The molecule has 3 rings (SSSR count). The predicted molar refractivity (Wildman–Crippen MR) is 150 cm³/mol. The molecule has 0 atom stereocenters. The molecular formula is C29H38N2O4S2. The van der Waals surface area contributed by atoms with Gasteiger partial charge in [0.15, 0.2) is 0 Å². The fourth-order valence-corrected chi connectivity index (χ4v) is 7.27. The van der Waals surface area contributed by atoms with Gasteiger partial charge in [-0.1, -0.05) is 48.0 Å². The minimum Gasteiger partial charge on any atom is -0.382 e. The lowest BCUT2D eigenvalue weighted by atomic mass is 10.1. The highest BCUT2D eigenvalue weighted by Gasteiger charge is 2.31. The molecule has 0 radical (unpaired) electrons. The van der Waals surface area contributed by atoms with Crippen LogP contribution in [-0.4, -0.2) is 49.8 Å². The number of aryl methyl sites for hydroxylation is 4. The molecule has 1 amide bonds. The number of nitrogens with zero attached hydrogens (tertiary/aromatic N) is 2. The average molecular weight is 543 g/mol. The molecule has 0 unspecified atom stereocenters. The van der Waals surface area contributed by atoms with Crippen LogP contribution in [0.1, 0.15) is 45.4 Å². The lowest BCUT2D eigenvalue weighted by Crippen LogP contribution is -2.43. The molecule has 6 nitrogen and oxygen atoms in total. The van der Waals surface area contributed by atoms with Crippen LogP contribution in [0.5, 0.6) is 0 Å². The van der Waals surface area contributed by atoms with E-state index in [1.807, 2.05) is 89.2 Å². The Bertz CT molecular complexity index is 1260. The zero-order valence-corrected chi connectivity index (χ0v) is 24.1. The molecule has 0 saturated carbocycles. The third-order valence-electron chi connectivity index (χ3n) is 6.13. The van der Waals surface area contributed by atoms with Crippen molar-refractivity contribution in [2.24, 2.45) is 0 Å². The van der Waals surface area contributed by atoms with E-state index in [4.69, 9.17) is 4.74 Å². The summed E-state index contributed by atoms with van der Waals surface area (Å²) in [6.45, 7) is 11.3. The fourth-order valence-electron chi connectivity index (χ4n) is 4.52. The third-order valence-corrected chi connectivity index (χ3v) is 9.26. The molecule has 8 heteroatoms. The molecule has 0 saturated heterocycles. The van der Waals surface area contributed by atoms with E-state index in [1.165, 1.54) is 9.18 Å². The summed E-state index contributed by atoms with van der Waals surface area (Å²) in [6.07, 6.45) is 0.507. The Morgan fingerprint density at radius 2 is 1.62 bits per heavy atom. The molecule has 0 aliphatic rings. The van der Waals surface area contributed by atoms with Gasteiger partial charge in [0.25, 0.3) is 0 Å². The van der Waals surface area contributed by atoms with Gasteiger partial charge in [0.05, 0.1) is 18.0 Å². The van der Waals surface area contributed by atoms with Crippen LogP contribution >= 0.6 is 11.3 Å².